The van der Waals surface area contributed by atoms with E-state index in [2.05, 4.69) is 39.7 Å². The van der Waals surface area contributed by atoms with Gasteiger partial charge in [-0.1, -0.05) is 60.7 Å². The van der Waals surface area contributed by atoms with E-state index < -0.39 is 6.10 Å². The fourth-order valence-corrected chi connectivity index (χ4v) is 3.76. The second-order valence-electron chi connectivity index (χ2n) is 7.39. The van der Waals surface area contributed by atoms with Gasteiger partial charge in [0.2, 0.25) is 0 Å². The van der Waals surface area contributed by atoms with Crippen LogP contribution in [0.1, 0.15) is 30.1 Å². The van der Waals surface area contributed by atoms with Crippen molar-refractivity contribution in [1.29, 1.82) is 0 Å². The number of hydrogen-bond donors (Lipinski definition) is 0. The number of carbonyl (C=O) groups excluding carboxylic acids is 1. The Morgan fingerprint density at radius 3 is 2.38 bits per heavy atom. The van der Waals surface area contributed by atoms with Crippen molar-refractivity contribution in [1.82, 2.24) is 25.1 Å². The molecule has 0 radical (unpaired) electrons. The number of hydrogen-bond acceptors (Lipinski definition) is 5. The molecule has 0 saturated carbocycles. The van der Waals surface area contributed by atoms with Crippen molar-refractivity contribution in [2.45, 2.75) is 31.9 Å². The summed E-state index contributed by atoms with van der Waals surface area (Å²) in [6.45, 7) is 1.78. The first-order valence-corrected chi connectivity index (χ1v) is 10.0. The van der Waals surface area contributed by atoms with Crippen molar-refractivity contribution in [2.75, 3.05) is 13.1 Å². The van der Waals surface area contributed by atoms with E-state index in [4.69, 9.17) is 4.74 Å². The van der Waals surface area contributed by atoms with Crippen LogP contribution in [0.2, 0.25) is 0 Å². The molecule has 1 aliphatic rings. The van der Waals surface area contributed by atoms with Gasteiger partial charge in [0.05, 0.1) is 0 Å². The fourth-order valence-electron chi connectivity index (χ4n) is 3.76. The van der Waals surface area contributed by atoms with Crippen LogP contribution in [0.25, 0.3) is 0 Å². The van der Waals surface area contributed by atoms with E-state index in [-0.39, 0.29) is 6.09 Å². The third kappa shape index (κ3) is 5.19. The minimum atomic E-state index is -0.458. The lowest BCUT2D eigenvalue weighted by Crippen LogP contribution is -2.40. The Kier molecular flexibility index (Phi) is 6.14. The first kappa shape index (κ1) is 19.1. The van der Waals surface area contributed by atoms with Crippen molar-refractivity contribution >= 4 is 6.09 Å². The summed E-state index contributed by atoms with van der Waals surface area (Å²) in [5.41, 5.74) is 2.27. The lowest BCUT2D eigenvalue weighted by Gasteiger charge is -2.32. The molecular formula is C22H25N5O2. The van der Waals surface area contributed by atoms with Gasteiger partial charge in [-0.15, -0.1) is 10.2 Å². The number of ether oxygens (including phenoxy) is 1. The van der Waals surface area contributed by atoms with Gasteiger partial charge in [-0.25, -0.2) is 4.79 Å². The molecule has 1 amide bonds. The van der Waals surface area contributed by atoms with Crippen LogP contribution in [0, 0.1) is 5.92 Å². The zero-order chi connectivity index (χ0) is 19.9. The van der Waals surface area contributed by atoms with E-state index in [1.54, 1.807) is 0 Å². The van der Waals surface area contributed by atoms with E-state index in [0.717, 1.165) is 37.9 Å². The Bertz CT molecular complexity index is 878. The van der Waals surface area contributed by atoms with Gasteiger partial charge >= 0.3 is 6.09 Å². The Hall–Kier alpha value is -3.22. The van der Waals surface area contributed by atoms with Crippen LogP contribution in [0.5, 0.6) is 0 Å². The van der Waals surface area contributed by atoms with Crippen LogP contribution in [0.15, 0.2) is 67.0 Å². The summed E-state index contributed by atoms with van der Waals surface area (Å²) in [6.07, 6.45) is 3.68. The number of aromatic nitrogens is 4. The SMILES string of the molecule is O=C(OC(Cn1ncnn1)c1ccccc1)N1CCC(Cc2ccccc2)CC1. The second-order valence-corrected chi connectivity index (χ2v) is 7.39. The molecule has 4 rings (SSSR count). The molecule has 2 heterocycles. The highest BCUT2D eigenvalue weighted by atomic mass is 16.6. The van der Waals surface area contributed by atoms with Crippen molar-refractivity contribution < 1.29 is 9.53 Å². The number of tetrazole rings is 1. The average molecular weight is 391 g/mol. The summed E-state index contributed by atoms with van der Waals surface area (Å²) in [5, 5.41) is 11.7. The fraction of sp³-hybridized carbons (Fsp3) is 0.364. The predicted octanol–water partition coefficient (Wildman–Crippen LogP) is 3.51. The Labute approximate surface area is 170 Å². The normalized spacial score (nSPS) is 15.8. The monoisotopic (exact) mass is 391 g/mol. The van der Waals surface area contributed by atoms with E-state index >= 15 is 0 Å². The number of benzene rings is 2. The molecule has 150 valence electrons. The van der Waals surface area contributed by atoms with Gasteiger partial charge in [0.15, 0.2) is 12.4 Å². The smallest absolute Gasteiger partial charge is 0.410 e. The maximum absolute atomic E-state index is 12.8. The molecule has 7 heteroatoms. The van der Waals surface area contributed by atoms with Gasteiger partial charge < -0.3 is 9.64 Å². The third-order valence-corrected chi connectivity index (χ3v) is 5.37. The first-order valence-electron chi connectivity index (χ1n) is 10.0. The molecule has 1 atom stereocenters. The quantitative estimate of drug-likeness (QED) is 0.643. The van der Waals surface area contributed by atoms with Crippen LogP contribution in [0.4, 0.5) is 4.79 Å². The van der Waals surface area contributed by atoms with Crippen molar-refractivity contribution in [3.63, 3.8) is 0 Å². The van der Waals surface area contributed by atoms with Crippen molar-refractivity contribution in [3.8, 4) is 0 Å². The highest BCUT2D eigenvalue weighted by Gasteiger charge is 2.27. The third-order valence-electron chi connectivity index (χ3n) is 5.37. The van der Waals surface area contributed by atoms with Gasteiger partial charge in [0.1, 0.15) is 6.54 Å². The number of piperidine rings is 1. The second kappa shape index (κ2) is 9.32. The zero-order valence-electron chi connectivity index (χ0n) is 16.3. The predicted molar refractivity (Wildman–Crippen MR) is 108 cm³/mol. The van der Waals surface area contributed by atoms with Crippen LogP contribution in [-0.2, 0) is 17.7 Å². The molecule has 1 aromatic heterocycles. The Morgan fingerprint density at radius 2 is 1.72 bits per heavy atom. The van der Waals surface area contributed by atoms with Crippen LogP contribution in [-0.4, -0.2) is 44.3 Å². The Morgan fingerprint density at radius 1 is 1.03 bits per heavy atom. The standard InChI is InChI=1S/C22H25N5O2/c28-22(26-13-11-19(12-14-26)15-18-7-3-1-4-8-18)29-21(16-27-24-17-23-25-27)20-9-5-2-6-10-20/h1-10,17,19,21H,11-16H2. The molecule has 1 saturated heterocycles. The summed E-state index contributed by atoms with van der Waals surface area (Å²) in [6, 6.07) is 20.2. The summed E-state index contributed by atoms with van der Waals surface area (Å²) in [7, 11) is 0. The van der Waals surface area contributed by atoms with E-state index in [1.807, 2.05) is 41.3 Å². The topological polar surface area (TPSA) is 73.1 Å². The summed E-state index contributed by atoms with van der Waals surface area (Å²) in [4.78, 5) is 16.1. The zero-order valence-corrected chi connectivity index (χ0v) is 16.3. The lowest BCUT2D eigenvalue weighted by molar-refractivity contribution is 0.0420. The molecule has 1 aliphatic heterocycles. The van der Waals surface area contributed by atoms with Gasteiger partial charge in [0.25, 0.3) is 0 Å². The molecule has 1 unspecified atom stereocenters. The highest BCUT2D eigenvalue weighted by Crippen LogP contribution is 2.25. The highest BCUT2D eigenvalue weighted by molar-refractivity contribution is 5.68. The van der Waals surface area contributed by atoms with Gasteiger partial charge in [-0.3, -0.25) is 0 Å². The lowest BCUT2D eigenvalue weighted by atomic mass is 9.90. The molecule has 0 bridgehead atoms. The number of amides is 1. The molecule has 0 spiro atoms. The van der Waals surface area contributed by atoms with Crippen LogP contribution in [0.3, 0.4) is 0 Å². The molecule has 7 nitrogen and oxygen atoms in total. The summed E-state index contributed by atoms with van der Waals surface area (Å²) in [5.74, 6) is 0.603. The summed E-state index contributed by atoms with van der Waals surface area (Å²) < 4.78 is 5.86. The van der Waals surface area contributed by atoms with Crippen molar-refractivity contribution in [2.24, 2.45) is 5.92 Å². The largest absolute Gasteiger partial charge is 0.439 e. The van der Waals surface area contributed by atoms with E-state index in [9.17, 15) is 4.79 Å². The molecular weight excluding hydrogens is 366 g/mol. The maximum atomic E-state index is 12.8. The van der Waals surface area contributed by atoms with Gasteiger partial charge in [-0.2, -0.15) is 4.80 Å². The number of nitrogens with zero attached hydrogens (tertiary/aromatic N) is 5. The molecule has 2 aromatic carbocycles. The van der Waals surface area contributed by atoms with Crippen LogP contribution >= 0.6 is 0 Å². The molecule has 0 aliphatic carbocycles. The molecule has 0 N–H and O–H groups in total. The Balaban J connectivity index is 1.34. The first-order chi connectivity index (χ1) is 14.3. The van der Waals surface area contributed by atoms with Crippen LogP contribution < -0.4 is 0 Å². The van der Waals surface area contributed by atoms with Gasteiger partial charge in [-0.05, 0) is 41.5 Å². The van der Waals surface area contributed by atoms with E-state index in [0.29, 0.717) is 12.5 Å². The molecule has 3 aromatic rings. The van der Waals surface area contributed by atoms with Gasteiger partial charge in [0, 0.05) is 13.1 Å². The van der Waals surface area contributed by atoms with Crippen molar-refractivity contribution in [3.05, 3.63) is 78.1 Å². The molecule has 29 heavy (non-hydrogen) atoms. The number of likely N-dealkylation sites (tertiary alicyclic amines) is 1. The number of carbonyl (C=O) groups is 1. The maximum Gasteiger partial charge on any atom is 0.410 e. The summed E-state index contributed by atoms with van der Waals surface area (Å²) >= 11 is 0. The minimum Gasteiger partial charge on any atom is -0.439 e. The average Bonchev–Trinajstić information content (AvgIpc) is 3.28. The molecule has 1 fully saturated rings. The van der Waals surface area contributed by atoms with E-state index in [1.165, 1.54) is 16.7 Å². The number of rotatable bonds is 6. The minimum absolute atomic E-state index is 0.280.